The lowest BCUT2D eigenvalue weighted by molar-refractivity contribution is 0.0200. The van der Waals surface area contributed by atoms with Gasteiger partial charge in [-0.1, -0.05) is 23.2 Å². The maximum absolute atomic E-state index is 12.4. The monoisotopic (exact) mass is 352 g/mol. The van der Waals surface area contributed by atoms with E-state index in [0.29, 0.717) is 12.2 Å². The summed E-state index contributed by atoms with van der Waals surface area (Å²) in [5.74, 6) is 0. The number of rotatable bonds is 5. The first-order chi connectivity index (χ1) is 9.94. The zero-order valence-corrected chi connectivity index (χ0v) is 13.8. The maximum Gasteiger partial charge on any atom is 0.242 e. The minimum atomic E-state index is -3.75. The van der Waals surface area contributed by atoms with Crippen LogP contribution in [-0.4, -0.2) is 27.7 Å². The fourth-order valence-electron chi connectivity index (χ4n) is 2.21. The molecule has 1 heterocycles. The number of nitrogens with two attached hydrogens (primary N) is 1. The van der Waals surface area contributed by atoms with Crippen LogP contribution in [0.25, 0.3) is 0 Å². The third kappa shape index (κ3) is 4.31. The van der Waals surface area contributed by atoms with Gasteiger partial charge in [-0.2, -0.15) is 0 Å². The van der Waals surface area contributed by atoms with Gasteiger partial charge in [0, 0.05) is 24.7 Å². The topological polar surface area (TPSA) is 81.4 Å². The van der Waals surface area contributed by atoms with Crippen LogP contribution in [0.1, 0.15) is 24.8 Å². The second-order valence-corrected chi connectivity index (χ2v) is 7.47. The van der Waals surface area contributed by atoms with E-state index in [1.54, 1.807) is 6.07 Å². The Labute approximate surface area is 134 Å². The van der Waals surface area contributed by atoms with Gasteiger partial charge in [-0.15, -0.1) is 0 Å². The lowest BCUT2D eigenvalue weighted by Gasteiger charge is -2.23. The third-order valence-electron chi connectivity index (χ3n) is 3.36. The molecule has 0 saturated carbocycles. The highest BCUT2D eigenvalue weighted by Gasteiger charge is 2.23. The molecule has 118 valence electrons. The zero-order chi connectivity index (χ0) is 15.5. The molecule has 1 aromatic carbocycles. The Kier molecular flexibility index (Phi) is 5.88. The van der Waals surface area contributed by atoms with Gasteiger partial charge in [0.05, 0.1) is 11.1 Å². The van der Waals surface area contributed by atoms with Gasteiger partial charge in [0.1, 0.15) is 4.90 Å². The Hall–Kier alpha value is -0.370. The summed E-state index contributed by atoms with van der Waals surface area (Å²) in [6.45, 7) is 1.01. The average Bonchev–Trinajstić information content (AvgIpc) is 2.48. The van der Waals surface area contributed by atoms with E-state index < -0.39 is 10.0 Å². The third-order valence-corrected chi connectivity index (χ3v) is 5.59. The molecule has 0 spiro atoms. The number of nitrogens with one attached hydrogen (secondary N) is 1. The number of ether oxygens (including phenoxy) is 1. The molecule has 1 fully saturated rings. The van der Waals surface area contributed by atoms with Gasteiger partial charge in [-0.05, 0) is 37.0 Å². The van der Waals surface area contributed by atoms with Crippen LogP contribution < -0.4 is 10.5 Å². The van der Waals surface area contributed by atoms with E-state index in [1.807, 2.05) is 0 Å². The molecular weight excluding hydrogens is 335 g/mol. The molecule has 1 saturated heterocycles. The number of hydrogen-bond acceptors (Lipinski definition) is 4. The van der Waals surface area contributed by atoms with Gasteiger partial charge in [0.25, 0.3) is 0 Å². The first-order valence-corrected chi connectivity index (χ1v) is 8.97. The van der Waals surface area contributed by atoms with Crippen molar-refractivity contribution in [2.24, 2.45) is 5.73 Å². The molecule has 0 aromatic heterocycles. The van der Waals surface area contributed by atoms with Crippen molar-refractivity contribution >= 4 is 33.2 Å². The molecular formula is C13H18Cl2N2O3S. The molecule has 1 atom stereocenters. The molecule has 2 rings (SSSR count). The van der Waals surface area contributed by atoms with E-state index in [2.05, 4.69) is 4.72 Å². The van der Waals surface area contributed by atoms with Gasteiger partial charge in [-0.3, -0.25) is 0 Å². The van der Waals surface area contributed by atoms with Crippen LogP contribution in [0.5, 0.6) is 0 Å². The van der Waals surface area contributed by atoms with Crippen molar-refractivity contribution in [3.63, 3.8) is 0 Å². The fraction of sp³-hybridized carbons (Fsp3) is 0.538. The van der Waals surface area contributed by atoms with Crippen molar-refractivity contribution in [3.8, 4) is 0 Å². The van der Waals surface area contributed by atoms with Crippen LogP contribution in [0.15, 0.2) is 17.0 Å². The van der Waals surface area contributed by atoms with Crippen molar-refractivity contribution in [2.45, 2.75) is 36.8 Å². The predicted octanol–water partition coefficient (Wildman–Crippen LogP) is 2.30. The number of sulfonamides is 1. The SMILES string of the molecule is NCc1cc(Cl)cc(S(=O)(=O)NCC2CCCCO2)c1Cl. The van der Waals surface area contributed by atoms with Gasteiger partial charge < -0.3 is 10.5 Å². The quantitative estimate of drug-likeness (QED) is 0.851. The number of benzene rings is 1. The van der Waals surface area contributed by atoms with Crippen molar-refractivity contribution in [1.82, 2.24) is 4.72 Å². The highest BCUT2D eigenvalue weighted by Crippen LogP contribution is 2.29. The minimum absolute atomic E-state index is 0.0482. The zero-order valence-electron chi connectivity index (χ0n) is 11.4. The Bertz CT molecular complexity index is 602. The Morgan fingerprint density at radius 2 is 2.10 bits per heavy atom. The van der Waals surface area contributed by atoms with Gasteiger partial charge in [0.2, 0.25) is 10.0 Å². The molecule has 0 radical (unpaired) electrons. The first kappa shape index (κ1) is 17.0. The summed E-state index contributed by atoms with van der Waals surface area (Å²) in [6, 6.07) is 2.89. The van der Waals surface area contributed by atoms with E-state index in [1.165, 1.54) is 6.07 Å². The normalized spacial score (nSPS) is 19.7. The minimum Gasteiger partial charge on any atom is -0.377 e. The summed E-state index contributed by atoms with van der Waals surface area (Å²) in [5, 5.41) is 0.396. The van der Waals surface area contributed by atoms with Crippen LogP contribution in [-0.2, 0) is 21.3 Å². The van der Waals surface area contributed by atoms with Crippen LogP contribution in [0.4, 0.5) is 0 Å². The lowest BCUT2D eigenvalue weighted by atomic mass is 10.1. The summed E-state index contributed by atoms with van der Waals surface area (Å²) in [7, 11) is -3.75. The van der Waals surface area contributed by atoms with Crippen molar-refractivity contribution < 1.29 is 13.2 Å². The van der Waals surface area contributed by atoms with E-state index in [9.17, 15) is 8.42 Å². The molecule has 0 bridgehead atoms. The molecule has 8 heteroatoms. The highest BCUT2D eigenvalue weighted by molar-refractivity contribution is 7.89. The van der Waals surface area contributed by atoms with Crippen LogP contribution in [0, 0.1) is 0 Å². The molecule has 1 aliphatic heterocycles. The molecule has 1 aliphatic rings. The Morgan fingerprint density at radius 1 is 1.33 bits per heavy atom. The Morgan fingerprint density at radius 3 is 2.71 bits per heavy atom. The van der Waals surface area contributed by atoms with Gasteiger partial charge >= 0.3 is 0 Å². The van der Waals surface area contributed by atoms with Gasteiger partial charge in [0.15, 0.2) is 0 Å². The smallest absolute Gasteiger partial charge is 0.242 e. The standard InChI is InChI=1S/C13H18Cl2N2O3S/c14-10-5-9(7-16)13(15)12(6-10)21(18,19)17-8-11-3-1-2-4-20-11/h5-6,11,17H,1-4,7-8,16H2. The molecule has 0 aliphatic carbocycles. The molecule has 5 nitrogen and oxygen atoms in total. The number of halogens is 2. The van der Waals surface area contributed by atoms with Crippen molar-refractivity contribution in [2.75, 3.05) is 13.2 Å². The Balaban J connectivity index is 2.17. The average molecular weight is 353 g/mol. The van der Waals surface area contributed by atoms with E-state index in [-0.39, 0.29) is 34.1 Å². The van der Waals surface area contributed by atoms with E-state index >= 15 is 0 Å². The second kappa shape index (κ2) is 7.26. The van der Waals surface area contributed by atoms with Crippen LogP contribution in [0.2, 0.25) is 10.0 Å². The van der Waals surface area contributed by atoms with E-state index in [0.717, 1.165) is 19.3 Å². The predicted molar refractivity (Wildman–Crippen MR) is 83.1 cm³/mol. The molecule has 0 amide bonds. The second-order valence-electron chi connectivity index (χ2n) is 4.92. The largest absolute Gasteiger partial charge is 0.377 e. The molecule has 1 unspecified atom stereocenters. The first-order valence-electron chi connectivity index (χ1n) is 6.73. The lowest BCUT2D eigenvalue weighted by Crippen LogP contribution is -2.35. The van der Waals surface area contributed by atoms with E-state index in [4.69, 9.17) is 33.7 Å². The molecule has 3 N–H and O–H groups in total. The summed E-state index contributed by atoms with van der Waals surface area (Å²) in [4.78, 5) is -0.0482. The summed E-state index contributed by atoms with van der Waals surface area (Å²) >= 11 is 12.0. The summed E-state index contributed by atoms with van der Waals surface area (Å²) < 4.78 is 32.8. The van der Waals surface area contributed by atoms with Gasteiger partial charge in [-0.25, -0.2) is 13.1 Å². The summed E-state index contributed by atoms with van der Waals surface area (Å²) in [6.07, 6.45) is 2.81. The summed E-state index contributed by atoms with van der Waals surface area (Å²) in [5.41, 5.74) is 6.04. The fourth-order valence-corrected chi connectivity index (χ4v) is 4.22. The molecule has 21 heavy (non-hydrogen) atoms. The van der Waals surface area contributed by atoms with Crippen molar-refractivity contribution in [3.05, 3.63) is 27.7 Å². The van der Waals surface area contributed by atoms with Crippen LogP contribution >= 0.6 is 23.2 Å². The van der Waals surface area contributed by atoms with Crippen LogP contribution in [0.3, 0.4) is 0 Å². The maximum atomic E-state index is 12.4. The molecule has 1 aromatic rings. The number of hydrogen-bond donors (Lipinski definition) is 2. The highest BCUT2D eigenvalue weighted by atomic mass is 35.5. The van der Waals surface area contributed by atoms with Crippen molar-refractivity contribution in [1.29, 1.82) is 0 Å².